The minimum Gasteiger partial charge on any atom is -0.489 e. The molecular weight excluding hydrogens is 232 g/mol. The lowest BCUT2D eigenvalue weighted by Crippen LogP contribution is -2.20. The van der Waals surface area contributed by atoms with Gasteiger partial charge < -0.3 is 4.74 Å². The number of hydrogen-bond acceptors (Lipinski definition) is 1. The van der Waals surface area contributed by atoms with Crippen molar-refractivity contribution in [1.82, 2.24) is 0 Å². The maximum atomic E-state index is 6.00. The summed E-state index contributed by atoms with van der Waals surface area (Å²) < 4.78 is 6.00. The van der Waals surface area contributed by atoms with Gasteiger partial charge in [0.05, 0.1) is 0 Å². The molecule has 1 heteroatoms. The molecule has 98 valence electrons. The fourth-order valence-corrected chi connectivity index (χ4v) is 3.05. The van der Waals surface area contributed by atoms with E-state index in [0.29, 0.717) is 12.5 Å². The molecule has 1 unspecified atom stereocenters. The molecule has 0 spiro atoms. The van der Waals surface area contributed by atoms with Crippen LogP contribution in [-0.2, 0) is 6.61 Å². The second-order valence-corrected chi connectivity index (χ2v) is 6.32. The first-order chi connectivity index (χ1) is 9.07. The third-order valence-electron chi connectivity index (χ3n) is 3.85. The number of para-hydroxylation sites is 1. The van der Waals surface area contributed by atoms with Gasteiger partial charge in [0.1, 0.15) is 12.4 Å². The van der Waals surface area contributed by atoms with Crippen molar-refractivity contribution in [3.8, 4) is 5.75 Å². The maximum Gasteiger partial charge on any atom is 0.123 e. The Morgan fingerprint density at radius 3 is 2.26 bits per heavy atom. The van der Waals surface area contributed by atoms with Gasteiger partial charge in [-0.1, -0.05) is 63.2 Å². The average Bonchev–Trinajstić information content (AvgIpc) is 2.54. The van der Waals surface area contributed by atoms with Crippen LogP contribution in [0, 0.1) is 5.41 Å². The van der Waals surface area contributed by atoms with Gasteiger partial charge in [0.15, 0.2) is 0 Å². The summed E-state index contributed by atoms with van der Waals surface area (Å²) in [4.78, 5) is 0. The van der Waals surface area contributed by atoms with Crippen LogP contribution in [0.1, 0.15) is 43.4 Å². The molecule has 1 atom stereocenters. The van der Waals surface area contributed by atoms with Crippen molar-refractivity contribution in [2.75, 3.05) is 0 Å². The van der Waals surface area contributed by atoms with Gasteiger partial charge in [0.25, 0.3) is 0 Å². The molecule has 1 nitrogen and oxygen atoms in total. The van der Waals surface area contributed by atoms with E-state index < -0.39 is 0 Å². The molecule has 3 rings (SSSR count). The van der Waals surface area contributed by atoms with Crippen molar-refractivity contribution < 1.29 is 4.74 Å². The van der Waals surface area contributed by atoms with E-state index >= 15 is 0 Å². The van der Waals surface area contributed by atoms with E-state index in [1.807, 2.05) is 0 Å². The molecule has 0 saturated carbocycles. The van der Waals surface area contributed by atoms with Crippen molar-refractivity contribution >= 4 is 0 Å². The number of hydrogen-bond donors (Lipinski definition) is 0. The minimum absolute atomic E-state index is 0.167. The van der Waals surface area contributed by atoms with Gasteiger partial charge in [-0.15, -0.1) is 0 Å². The van der Waals surface area contributed by atoms with E-state index in [1.165, 1.54) is 16.7 Å². The summed E-state index contributed by atoms with van der Waals surface area (Å²) in [5, 5.41) is 0. The highest BCUT2D eigenvalue weighted by Crippen LogP contribution is 2.46. The molecule has 0 N–H and O–H groups in total. The zero-order valence-corrected chi connectivity index (χ0v) is 11.8. The monoisotopic (exact) mass is 252 g/mol. The lowest BCUT2D eigenvalue weighted by Gasteiger charge is -2.32. The van der Waals surface area contributed by atoms with Gasteiger partial charge in [-0.05, 0) is 22.6 Å². The van der Waals surface area contributed by atoms with Crippen LogP contribution in [0.3, 0.4) is 0 Å². The molecule has 2 aromatic carbocycles. The Morgan fingerprint density at radius 2 is 1.53 bits per heavy atom. The van der Waals surface area contributed by atoms with E-state index in [9.17, 15) is 0 Å². The molecule has 1 aliphatic rings. The van der Waals surface area contributed by atoms with E-state index in [-0.39, 0.29) is 5.41 Å². The Hall–Kier alpha value is -1.76. The predicted octanol–water partition coefficient (Wildman–Crippen LogP) is 4.76. The summed E-state index contributed by atoms with van der Waals surface area (Å²) in [6, 6.07) is 17.1. The highest BCUT2D eigenvalue weighted by molar-refractivity contribution is 5.47. The second kappa shape index (κ2) is 4.41. The molecular formula is C18H20O. The van der Waals surface area contributed by atoms with Crippen molar-refractivity contribution in [3.63, 3.8) is 0 Å². The molecule has 2 aromatic rings. The van der Waals surface area contributed by atoms with Gasteiger partial charge in [-0.2, -0.15) is 0 Å². The van der Waals surface area contributed by atoms with Crippen molar-refractivity contribution in [1.29, 1.82) is 0 Å². The number of benzene rings is 2. The number of fused-ring (bicyclic) bond motifs is 2. The Balaban J connectivity index is 2.25. The van der Waals surface area contributed by atoms with E-state index in [1.54, 1.807) is 0 Å². The fourth-order valence-electron chi connectivity index (χ4n) is 3.05. The summed E-state index contributed by atoms with van der Waals surface area (Å²) in [5.41, 5.74) is 4.18. The van der Waals surface area contributed by atoms with Gasteiger partial charge in [0.2, 0.25) is 0 Å². The van der Waals surface area contributed by atoms with Gasteiger partial charge in [0, 0.05) is 11.5 Å². The van der Waals surface area contributed by atoms with Crippen LogP contribution in [0.15, 0.2) is 48.5 Å². The molecule has 19 heavy (non-hydrogen) atoms. The first-order valence-electron chi connectivity index (χ1n) is 6.87. The third-order valence-corrected chi connectivity index (χ3v) is 3.85. The summed E-state index contributed by atoms with van der Waals surface area (Å²) in [7, 11) is 0. The quantitative estimate of drug-likeness (QED) is 0.657. The molecule has 1 aliphatic heterocycles. The van der Waals surface area contributed by atoms with Crippen LogP contribution in [0.25, 0.3) is 0 Å². The lowest BCUT2D eigenvalue weighted by molar-refractivity contribution is 0.304. The van der Waals surface area contributed by atoms with Crippen LogP contribution in [0.4, 0.5) is 0 Å². The lowest BCUT2D eigenvalue weighted by atomic mass is 9.71. The second-order valence-electron chi connectivity index (χ2n) is 6.32. The highest BCUT2D eigenvalue weighted by Gasteiger charge is 2.33. The summed E-state index contributed by atoms with van der Waals surface area (Å²) in [6.07, 6.45) is 0. The topological polar surface area (TPSA) is 9.23 Å². The smallest absolute Gasteiger partial charge is 0.123 e. The van der Waals surface area contributed by atoms with Crippen LogP contribution in [0.5, 0.6) is 5.75 Å². The SMILES string of the molecule is CC(C)(C)C1c2ccccc2COc2ccccc21. The van der Waals surface area contributed by atoms with E-state index in [4.69, 9.17) is 4.74 Å². The summed E-state index contributed by atoms with van der Waals surface area (Å²) >= 11 is 0. The summed E-state index contributed by atoms with van der Waals surface area (Å²) in [6.45, 7) is 7.57. The maximum absolute atomic E-state index is 6.00. The van der Waals surface area contributed by atoms with Gasteiger partial charge in [-0.3, -0.25) is 0 Å². The van der Waals surface area contributed by atoms with Crippen molar-refractivity contribution in [2.45, 2.75) is 33.3 Å². The van der Waals surface area contributed by atoms with E-state index in [2.05, 4.69) is 69.3 Å². The molecule has 0 fully saturated rings. The molecule has 0 saturated heterocycles. The summed E-state index contributed by atoms with van der Waals surface area (Å²) in [5.74, 6) is 1.40. The largest absolute Gasteiger partial charge is 0.489 e. The third kappa shape index (κ3) is 2.14. The molecule has 0 aromatic heterocycles. The Kier molecular flexibility index (Phi) is 2.85. The Bertz CT molecular complexity index is 545. The van der Waals surface area contributed by atoms with Gasteiger partial charge in [-0.25, -0.2) is 0 Å². The van der Waals surface area contributed by atoms with Crippen LogP contribution in [0.2, 0.25) is 0 Å². The van der Waals surface area contributed by atoms with Crippen LogP contribution >= 0.6 is 0 Å². The highest BCUT2D eigenvalue weighted by atomic mass is 16.5. The molecule has 1 heterocycles. The van der Waals surface area contributed by atoms with Crippen LogP contribution in [-0.4, -0.2) is 0 Å². The zero-order valence-electron chi connectivity index (χ0n) is 11.8. The molecule has 0 radical (unpaired) electrons. The minimum atomic E-state index is 0.167. The first kappa shape index (κ1) is 12.3. The zero-order chi connectivity index (χ0) is 13.5. The molecule has 0 bridgehead atoms. The Labute approximate surface area is 115 Å². The number of rotatable bonds is 0. The van der Waals surface area contributed by atoms with Crippen molar-refractivity contribution in [3.05, 3.63) is 65.2 Å². The normalized spacial score (nSPS) is 17.9. The van der Waals surface area contributed by atoms with Gasteiger partial charge >= 0.3 is 0 Å². The first-order valence-corrected chi connectivity index (χ1v) is 6.87. The predicted molar refractivity (Wildman–Crippen MR) is 78.5 cm³/mol. The number of ether oxygens (including phenoxy) is 1. The Morgan fingerprint density at radius 1 is 0.895 bits per heavy atom. The molecule has 0 amide bonds. The fraction of sp³-hybridized carbons (Fsp3) is 0.333. The van der Waals surface area contributed by atoms with E-state index in [0.717, 1.165) is 5.75 Å². The molecule has 0 aliphatic carbocycles. The standard InChI is InChI=1S/C18H20O/c1-18(2,3)17-14-9-5-4-8-13(14)12-19-16-11-7-6-10-15(16)17/h4-11,17H,12H2,1-3H3. The van der Waals surface area contributed by atoms with Crippen molar-refractivity contribution in [2.24, 2.45) is 5.41 Å². The average molecular weight is 252 g/mol. The van der Waals surface area contributed by atoms with Crippen LogP contribution < -0.4 is 4.74 Å².